The van der Waals surface area contributed by atoms with Gasteiger partial charge in [0.2, 0.25) is 5.91 Å². The van der Waals surface area contributed by atoms with Gasteiger partial charge >= 0.3 is 0 Å². The second-order valence-corrected chi connectivity index (χ2v) is 7.15. The number of amides is 2. The van der Waals surface area contributed by atoms with E-state index in [4.69, 9.17) is 4.74 Å². The number of hydrogen-bond donors (Lipinski definition) is 3. The molecule has 6 heteroatoms. The average molecular weight is 365 g/mol. The Kier molecular flexibility index (Phi) is 4.48. The Morgan fingerprint density at radius 2 is 1.93 bits per heavy atom. The molecule has 0 radical (unpaired) electrons. The number of carbonyl (C=O) groups is 2. The molecule has 1 aliphatic carbocycles. The molecule has 0 bridgehead atoms. The van der Waals surface area contributed by atoms with Crippen LogP contribution < -0.4 is 20.7 Å². The van der Waals surface area contributed by atoms with Crippen molar-refractivity contribution in [3.8, 4) is 5.75 Å². The molecule has 0 fully saturated rings. The molecule has 4 rings (SSSR count). The van der Waals surface area contributed by atoms with Gasteiger partial charge in [0.05, 0.1) is 5.69 Å². The summed E-state index contributed by atoms with van der Waals surface area (Å²) in [7, 11) is 0. The third-order valence-corrected chi connectivity index (χ3v) is 5.05. The van der Waals surface area contributed by atoms with Crippen molar-refractivity contribution >= 4 is 28.9 Å². The maximum absolute atomic E-state index is 12.5. The van der Waals surface area contributed by atoms with E-state index in [1.165, 1.54) is 17.5 Å². The minimum Gasteiger partial charge on any atom is -0.479 e. The van der Waals surface area contributed by atoms with Crippen LogP contribution in [0.4, 0.5) is 17.1 Å². The molecule has 3 N–H and O–H groups in total. The molecule has 1 aliphatic heterocycles. The maximum Gasteiger partial charge on any atom is 0.265 e. The van der Waals surface area contributed by atoms with Crippen LogP contribution >= 0.6 is 0 Å². The number of carbonyl (C=O) groups excluding carboxylic acids is 2. The van der Waals surface area contributed by atoms with E-state index < -0.39 is 12.1 Å². The van der Waals surface area contributed by atoms with Gasteiger partial charge in [-0.3, -0.25) is 9.59 Å². The molecule has 0 saturated heterocycles. The Morgan fingerprint density at radius 3 is 2.78 bits per heavy atom. The van der Waals surface area contributed by atoms with Crippen molar-refractivity contribution in [2.45, 2.75) is 45.3 Å². The Bertz CT molecular complexity index is 910. The predicted octanol–water partition coefficient (Wildman–Crippen LogP) is 3.33. The minimum atomic E-state index is -0.506. The van der Waals surface area contributed by atoms with Gasteiger partial charge in [-0.25, -0.2) is 0 Å². The summed E-state index contributed by atoms with van der Waals surface area (Å²) in [6.07, 6.45) is 2.88. The Labute approximate surface area is 158 Å². The van der Waals surface area contributed by atoms with Gasteiger partial charge in [0, 0.05) is 11.4 Å². The zero-order valence-electron chi connectivity index (χ0n) is 15.5. The molecular weight excluding hydrogens is 342 g/mol. The summed E-state index contributed by atoms with van der Waals surface area (Å²) in [6.45, 7) is 3.51. The van der Waals surface area contributed by atoms with Crippen LogP contribution in [0.5, 0.6) is 5.75 Å². The second kappa shape index (κ2) is 6.95. The van der Waals surface area contributed by atoms with Gasteiger partial charge in [-0.2, -0.15) is 0 Å². The van der Waals surface area contributed by atoms with E-state index in [9.17, 15) is 9.59 Å². The zero-order valence-corrected chi connectivity index (χ0v) is 15.5. The second-order valence-electron chi connectivity index (χ2n) is 7.15. The highest BCUT2D eigenvalue weighted by atomic mass is 16.5. The van der Waals surface area contributed by atoms with Crippen molar-refractivity contribution in [3.05, 3.63) is 47.5 Å². The first-order chi connectivity index (χ1) is 13.0. The van der Waals surface area contributed by atoms with Crippen molar-refractivity contribution in [2.75, 3.05) is 16.0 Å². The number of ether oxygens (including phenoxy) is 1. The van der Waals surface area contributed by atoms with Crippen LogP contribution in [0.3, 0.4) is 0 Å². The fraction of sp³-hybridized carbons (Fsp3) is 0.333. The van der Waals surface area contributed by atoms with E-state index in [2.05, 4.69) is 28.1 Å². The predicted molar refractivity (Wildman–Crippen MR) is 105 cm³/mol. The molecule has 27 heavy (non-hydrogen) atoms. The van der Waals surface area contributed by atoms with E-state index in [0.29, 0.717) is 11.4 Å². The summed E-state index contributed by atoms with van der Waals surface area (Å²) in [5.41, 5.74) is 4.88. The van der Waals surface area contributed by atoms with Gasteiger partial charge < -0.3 is 20.7 Å². The smallest absolute Gasteiger partial charge is 0.265 e. The molecule has 2 aromatic carbocycles. The summed E-state index contributed by atoms with van der Waals surface area (Å²) in [4.78, 5) is 24.3. The summed E-state index contributed by atoms with van der Waals surface area (Å²) < 4.78 is 5.55. The number of hydrogen-bond acceptors (Lipinski definition) is 4. The quantitative estimate of drug-likeness (QED) is 0.776. The number of rotatable bonds is 4. The van der Waals surface area contributed by atoms with E-state index >= 15 is 0 Å². The fourth-order valence-electron chi connectivity index (χ4n) is 3.51. The van der Waals surface area contributed by atoms with Gasteiger partial charge in [-0.1, -0.05) is 6.07 Å². The number of nitrogens with one attached hydrogen (secondary N) is 3. The summed E-state index contributed by atoms with van der Waals surface area (Å²) in [6, 6.07) is 11.1. The van der Waals surface area contributed by atoms with E-state index in [1.54, 1.807) is 26.0 Å². The lowest BCUT2D eigenvalue weighted by Crippen LogP contribution is -2.34. The first kappa shape index (κ1) is 17.4. The van der Waals surface area contributed by atoms with Gasteiger partial charge in [-0.05, 0) is 74.6 Å². The molecule has 2 aromatic rings. The highest BCUT2D eigenvalue weighted by molar-refractivity contribution is 5.99. The number of benzene rings is 2. The standard InChI is InChI=1S/C21H23N3O3/c1-12(20(25)23-16-7-6-14-4-3-5-15(14)10-16)22-17-8-9-19-18(11-17)24-21(26)13(2)27-19/h6-13,22H,3-5H2,1-2H3,(H,23,25)(H,24,26)/t12-,13-/m1/s1. The molecule has 0 saturated carbocycles. The summed E-state index contributed by atoms with van der Waals surface area (Å²) in [5, 5.41) is 8.95. The molecule has 2 aliphatic rings. The van der Waals surface area contributed by atoms with Gasteiger partial charge in [0.25, 0.3) is 5.91 Å². The molecular formula is C21H23N3O3. The molecule has 2 atom stereocenters. The van der Waals surface area contributed by atoms with Crippen LogP contribution in [0.15, 0.2) is 36.4 Å². The molecule has 0 spiro atoms. The van der Waals surface area contributed by atoms with Crippen molar-refractivity contribution in [1.82, 2.24) is 0 Å². The van der Waals surface area contributed by atoms with Gasteiger partial charge in [0.1, 0.15) is 11.8 Å². The lowest BCUT2D eigenvalue weighted by Gasteiger charge is -2.24. The molecule has 140 valence electrons. The Hall–Kier alpha value is -3.02. The highest BCUT2D eigenvalue weighted by Gasteiger charge is 2.24. The van der Waals surface area contributed by atoms with Crippen LogP contribution in [0.25, 0.3) is 0 Å². The summed E-state index contributed by atoms with van der Waals surface area (Å²) >= 11 is 0. The van der Waals surface area contributed by atoms with Gasteiger partial charge in [-0.15, -0.1) is 0 Å². The van der Waals surface area contributed by atoms with Crippen LogP contribution in [-0.2, 0) is 22.4 Å². The molecule has 0 unspecified atom stereocenters. The average Bonchev–Trinajstić information content (AvgIpc) is 3.10. The molecule has 6 nitrogen and oxygen atoms in total. The third kappa shape index (κ3) is 3.60. The van der Waals surface area contributed by atoms with Crippen LogP contribution in [0, 0.1) is 0 Å². The van der Waals surface area contributed by atoms with E-state index in [-0.39, 0.29) is 11.8 Å². The SMILES string of the molecule is C[C@@H](Nc1ccc2c(c1)NC(=O)[C@@H](C)O2)C(=O)Nc1ccc2c(c1)CCC2. The van der Waals surface area contributed by atoms with E-state index in [0.717, 1.165) is 24.2 Å². The lowest BCUT2D eigenvalue weighted by atomic mass is 10.1. The normalized spacial score (nSPS) is 18.6. The lowest BCUT2D eigenvalue weighted by molar-refractivity contribution is -0.122. The van der Waals surface area contributed by atoms with Crippen molar-refractivity contribution < 1.29 is 14.3 Å². The van der Waals surface area contributed by atoms with E-state index in [1.807, 2.05) is 12.1 Å². The zero-order chi connectivity index (χ0) is 19.0. The first-order valence-electron chi connectivity index (χ1n) is 9.30. The Balaban J connectivity index is 1.41. The monoisotopic (exact) mass is 365 g/mol. The first-order valence-corrected chi connectivity index (χ1v) is 9.30. The van der Waals surface area contributed by atoms with Crippen LogP contribution in [0.2, 0.25) is 0 Å². The molecule has 1 heterocycles. The largest absolute Gasteiger partial charge is 0.479 e. The highest BCUT2D eigenvalue weighted by Crippen LogP contribution is 2.32. The van der Waals surface area contributed by atoms with Crippen LogP contribution in [0.1, 0.15) is 31.4 Å². The van der Waals surface area contributed by atoms with Gasteiger partial charge in [0.15, 0.2) is 6.10 Å². The number of anilines is 3. The summed E-state index contributed by atoms with van der Waals surface area (Å²) in [5.74, 6) is 0.338. The number of fused-ring (bicyclic) bond motifs is 2. The maximum atomic E-state index is 12.5. The van der Waals surface area contributed by atoms with Crippen molar-refractivity contribution in [3.63, 3.8) is 0 Å². The number of aryl methyl sites for hydroxylation is 2. The topological polar surface area (TPSA) is 79.5 Å². The molecule has 2 amide bonds. The molecule has 0 aromatic heterocycles. The third-order valence-electron chi connectivity index (χ3n) is 5.05. The van der Waals surface area contributed by atoms with Crippen LogP contribution in [-0.4, -0.2) is 24.0 Å². The fourth-order valence-corrected chi connectivity index (χ4v) is 3.51. The van der Waals surface area contributed by atoms with Crippen molar-refractivity contribution in [1.29, 1.82) is 0 Å². The van der Waals surface area contributed by atoms with Crippen molar-refractivity contribution in [2.24, 2.45) is 0 Å². The Morgan fingerprint density at radius 1 is 1.15 bits per heavy atom. The minimum absolute atomic E-state index is 0.112.